The van der Waals surface area contributed by atoms with E-state index in [-0.39, 0.29) is 17.0 Å². The van der Waals surface area contributed by atoms with E-state index in [9.17, 15) is 0 Å². The summed E-state index contributed by atoms with van der Waals surface area (Å²) in [5, 5.41) is 1.26. The fourth-order valence-electron chi connectivity index (χ4n) is 0.692. The second kappa shape index (κ2) is 5.67. The molecule has 0 nitrogen and oxygen atoms in total. The minimum atomic E-state index is 0. The van der Waals surface area contributed by atoms with Gasteiger partial charge >= 0.3 is 79.3 Å². The number of benzene rings is 1. The summed E-state index contributed by atoms with van der Waals surface area (Å²) in [7, 11) is 0. The molecule has 0 atom stereocenters. The molecular weight excluding hydrogens is 356 g/mol. The number of halogens is 2. The van der Waals surface area contributed by atoms with Crippen molar-refractivity contribution in [2.75, 3.05) is 0 Å². The zero-order valence-electron chi connectivity index (χ0n) is 5.51. The van der Waals surface area contributed by atoms with Crippen LogP contribution in [-0.4, -0.2) is 0 Å². The third kappa shape index (κ3) is 3.45. The zero-order valence-corrected chi connectivity index (χ0v) is 12.3. The second-order valence-corrected chi connectivity index (χ2v) is 4.17. The van der Waals surface area contributed by atoms with Gasteiger partial charge in [-0.2, -0.15) is 0 Å². The van der Waals surface area contributed by atoms with Crippen molar-refractivity contribution in [2.45, 2.75) is 5.02 Å². The molecule has 0 spiro atoms. The molecule has 0 heterocycles. The summed E-state index contributed by atoms with van der Waals surface area (Å²) in [6, 6.07) is 8.67. The fraction of sp³-hybridized carbons (Fsp3) is 0.143. The topological polar surface area (TPSA) is 0 Å². The van der Waals surface area contributed by atoms with Gasteiger partial charge in [0.25, 0.3) is 0 Å². The molecule has 1 aromatic rings. The molecule has 0 radical (unpaired) electrons. The van der Waals surface area contributed by atoms with Crippen molar-refractivity contribution in [3.63, 3.8) is 0 Å². The Morgan fingerprint density at radius 1 is 1.40 bits per heavy atom. The maximum atomic E-state index is 2.34. The van der Waals surface area contributed by atoms with Crippen LogP contribution in [0.5, 0.6) is 0 Å². The summed E-state index contributed by atoms with van der Waals surface area (Å²) in [6.45, 7) is 0. The van der Waals surface area contributed by atoms with Crippen molar-refractivity contribution in [1.82, 2.24) is 0 Å². The Balaban J connectivity index is 0.000000810. The van der Waals surface area contributed by atoms with E-state index in [0.717, 1.165) is 0 Å². The third-order valence-corrected chi connectivity index (χ3v) is 3.06. The Labute approximate surface area is 95.4 Å². The van der Waals surface area contributed by atoms with Crippen LogP contribution in [0.4, 0.5) is 0 Å². The molecule has 51 valence electrons. The molecule has 0 fully saturated rings. The molecule has 10 heavy (non-hydrogen) atoms. The van der Waals surface area contributed by atoms with Crippen molar-refractivity contribution in [1.29, 1.82) is 0 Å². The Kier molecular flexibility index (Phi) is 6.27. The van der Waals surface area contributed by atoms with Crippen LogP contribution in [0.15, 0.2) is 24.3 Å². The van der Waals surface area contributed by atoms with Crippen molar-refractivity contribution < 1.29 is 18.3 Å². The van der Waals surface area contributed by atoms with Gasteiger partial charge in [-0.3, -0.25) is 0 Å². The first-order valence-electron chi connectivity index (χ1n) is 2.86. The molecule has 0 aliphatic rings. The quantitative estimate of drug-likeness (QED) is 0.532. The number of hydrogen-bond acceptors (Lipinski definition) is 0. The van der Waals surface area contributed by atoms with Crippen molar-refractivity contribution in [3.05, 3.63) is 33.4 Å². The predicted octanol–water partition coefficient (Wildman–Crippen LogP) is 2.92. The molecule has 0 aliphatic heterocycles. The van der Waals surface area contributed by atoms with Crippen LogP contribution in [0.1, 0.15) is 5.56 Å². The van der Waals surface area contributed by atoms with Crippen molar-refractivity contribution in [2.24, 2.45) is 0 Å². The summed E-state index contributed by atoms with van der Waals surface area (Å²) in [6.07, 6.45) is 0. The van der Waals surface area contributed by atoms with Gasteiger partial charge in [-0.25, -0.2) is 0 Å². The fourth-order valence-corrected chi connectivity index (χ4v) is 1.95. The molecule has 0 saturated carbocycles. The molecule has 1 rings (SSSR count). The first-order valence-corrected chi connectivity index (χ1v) is 6.04. The standard InChI is InChI=1S/C7H6I.BrH.Zn/c1-6-3-2-4-7(8)5-6;;/h2-5H,1H2;1H;. The van der Waals surface area contributed by atoms with Crippen LogP contribution < -0.4 is 0 Å². The molecule has 0 aliphatic carbocycles. The first kappa shape index (κ1) is 11.1. The Morgan fingerprint density at radius 2 is 2.10 bits per heavy atom. The van der Waals surface area contributed by atoms with E-state index in [1.54, 1.807) is 0 Å². The summed E-state index contributed by atoms with van der Waals surface area (Å²) in [5.41, 5.74) is 1.47. The van der Waals surface area contributed by atoms with Crippen LogP contribution in [0, 0.1) is 3.57 Å². The van der Waals surface area contributed by atoms with Gasteiger partial charge in [0.1, 0.15) is 0 Å². The van der Waals surface area contributed by atoms with E-state index in [0.29, 0.717) is 0 Å². The van der Waals surface area contributed by atoms with Crippen LogP contribution in [0.3, 0.4) is 0 Å². The molecule has 3 heteroatoms. The number of rotatable bonds is 1. The van der Waals surface area contributed by atoms with Gasteiger partial charge in [0, 0.05) is 0 Å². The van der Waals surface area contributed by atoms with E-state index in [1.165, 1.54) is 32.5 Å². The van der Waals surface area contributed by atoms with Gasteiger partial charge in [-0.15, -0.1) is 17.0 Å². The number of hydrogen-bond donors (Lipinski definition) is 0. The van der Waals surface area contributed by atoms with Gasteiger partial charge in [0.05, 0.1) is 0 Å². The van der Waals surface area contributed by atoms with Gasteiger partial charge in [-0.05, 0) is 0 Å². The first-order chi connectivity index (χ1) is 4.33. The predicted molar refractivity (Wildman–Crippen MR) is 53.2 cm³/mol. The Morgan fingerprint density at radius 3 is 2.50 bits per heavy atom. The van der Waals surface area contributed by atoms with Crippen LogP contribution in [0.25, 0.3) is 0 Å². The molecule has 0 aromatic heterocycles. The van der Waals surface area contributed by atoms with Crippen LogP contribution in [0.2, 0.25) is 0 Å². The zero-order chi connectivity index (χ0) is 6.69. The summed E-state index contributed by atoms with van der Waals surface area (Å²) >= 11 is 3.70. The molecular formula is C7H7BrIZn. The van der Waals surface area contributed by atoms with Crippen LogP contribution in [-0.2, 0) is 23.3 Å². The Bertz CT molecular complexity index is 203. The van der Waals surface area contributed by atoms with Crippen molar-refractivity contribution >= 4 is 39.6 Å². The van der Waals surface area contributed by atoms with Gasteiger partial charge in [-0.1, -0.05) is 0 Å². The third-order valence-electron chi connectivity index (χ3n) is 1.18. The van der Waals surface area contributed by atoms with Crippen molar-refractivity contribution in [3.8, 4) is 0 Å². The molecule has 0 saturated heterocycles. The normalized spacial score (nSPS) is 8.70. The SMILES string of the molecule is Br.[Zn][CH2]c1cccc(I)c1. The van der Waals surface area contributed by atoms with E-state index in [1.807, 2.05) is 0 Å². The van der Waals surface area contributed by atoms with Gasteiger partial charge in [0.2, 0.25) is 0 Å². The summed E-state index contributed by atoms with van der Waals surface area (Å²) in [4.78, 5) is 0. The second-order valence-electron chi connectivity index (χ2n) is 1.88. The summed E-state index contributed by atoms with van der Waals surface area (Å²) in [5.74, 6) is 0. The van der Waals surface area contributed by atoms with E-state index in [4.69, 9.17) is 0 Å². The van der Waals surface area contributed by atoms with E-state index in [2.05, 4.69) is 46.9 Å². The maximum absolute atomic E-state index is 2.34. The molecule has 0 unspecified atom stereocenters. The average molecular weight is 363 g/mol. The van der Waals surface area contributed by atoms with E-state index >= 15 is 0 Å². The molecule has 0 amide bonds. The monoisotopic (exact) mass is 361 g/mol. The summed E-state index contributed by atoms with van der Waals surface area (Å²) < 4.78 is 1.35. The van der Waals surface area contributed by atoms with Crippen LogP contribution >= 0.6 is 39.6 Å². The molecule has 1 aromatic carbocycles. The molecule has 0 N–H and O–H groups in total. The Hall–Kier alpha value is 1.05. The van der Waals surface area contributed by atoms with Gasteiger partial charge in [0.15, 0.2) is 0 Å². The average Bonchev–Trinajstić information content (AvgIpc) is 1.88. The minimum absolute atomic E-state index is 0. The molecule has 0 bridgehead atoms. The van der Waals surface area contributed by atoms with E-state index < -0.39 is 0 Å². The van der Waals surface area contributed by atoms with Gasteiger partial charge < -0.3 is 0 Å².